The number of rotatable bonds is 10. The monoisotopic (exact) mass is 343 g/mol. The van der Waals surface area contributed by atoms with E-state index in [-0.39, 0.29) is 12.1 Å². The summed E-state index contributed by atoms with van der Waals surface area (Å²) in [5.74, 6) is 0.663. The summed E-state index contributed by atoms with van der Waals surface area (Å²) in [6.45, 7) is 7.44. The van der Waals surface area contributed by atoms with Crippen molar-refractivity contribution in [3.8, 4) is 11.5 Å². The normalized spacial score (nSPS) is 13.5. The number of phenols is 2. The van der Waals surface area contributed by atoms with E-state index >= 15 is 0 Å². The van der Waals surface area contributed by atoms with Gasteiger partial charge in [-0.3, -0.25) is 0 Å². The van der Waals surface area contributed by atoms with Crippen molar-refractivity contribution in [1.29, 1.82) is 0 Å². The van der Waals surface area contributed by atoms with E-state index in [2.05, 4.69) is 16.0 Å². The topological polar surface area (TPSA) is 76.5 Å². The molecule has 0 saturated carbocycles. The van der Waals surface area contributed by atoms with Gasteiger partial charge in [0.15, 0.2) is 0 Å². The minimum atomic E-state index is 0.113. The van der Waals surface area contributed by atoms with Crippen molar-refractivity contribution >= 4 is 0 Å². The SMILES string of the molecule is CC(NCCNCCNC(C)c1ccccc1O)c1ccccc1O. The molecule has 136 valence electrons. The minimum absolute atomic E-state index is 0.113. The van der Waals surface area contributed by atoms with Crippen LogP contribution in [-0.4, -0.2) is 36.4 Å². The van der Waals surface area contributed by atoms with Crippen molar-refractivity contribution in [3.63, 3.8) is 0 Å². The Labute approximate surface area is 150 Å². The van der Waals surface area contributed by atoms with Crippen LogP contribution in [0.5, 0.6) is 11.5 Å². The molecule has 0 fully saturated rings. The average molecular weight is 343 g/mol. The molecule has 2 rings (SSSR count). The third-order valence-corrected chi connectivity index (χ3v) is 4.31. The zero-order valence-electron chi connectivity index (χ0n) is 15.0. The Morgan fingerprint density at radius 3 is 1.48 bits per heavy atom. The van der Waals surface area contributed by atoms with E-state index in [0.29, 0.717) is 11.5 Å². The molecular formula is C20H29N3O2. The van der Waals surface area contributed by atoms with E-state index in [1.165, 1.54) is 0 Å². The van der Waals surface area contributed by atoms with Crippen molar-refractivity contribution in [2.24, 2.45) is 0 Å². The first kappa shape index (κ1) is 19.2. The van der Waals surface area contributed by atoms with Gasteiger partial charge in [-0.1, -0.05) is 36.4 Å². The molecule has 0 amide bonds. The fourth-order valence-electron chi connectivity index (χ4n) is 2.81. The Hall–Kier alpha value is -2.08. The van der Waals surface area contributed by atoms with Gasteiger partial charge in [-0.2, -0.15) is 0 Å². The molecule has 0 bridgehead atoms. The van der Waals surface area contributed by atoms with Crippen molar-refractivity contribution in [3.05, 3.63) is 59.7 Å². The number of phenolic OH excluding ortho intramolecular Hbond substituents is 2. The Morgan fingerprint density at radius 1 is 0.680 bits per heavy atom. The molecule has 0 saturated heterocycles. The first-order valence-corrected chi connectivity index (χ1v) is 8.83. The van der Waals surface area contributed by atoms with E-state index in [0.717, 1.165) is 37.3 Å². The summed E-state index contributed by atoms with van der Waals surface area (Å²) in [4.78, 5) is 0. The number of hydrogen-bond donors (Lipinski definition) is 5. The lowest BCUT2D eigenvalue weighted by Crippen LogP contribution is -2.34. The maximum Gasteiger partial charge on any atom is 0.120 e. The van der Waals surface area contributed by atoms with Gasteiger partial charge in [0, 0.05) is 49.4 Å². The van der Waals surface area contributed by atoms with Gasteiger partial charge < -0.3 is 26.2 Å². The molecule has 2 aromatic carbocycles. The highest BCUT2D eigenvalue weighted by Crippen LogP contribution is 2.23. The Bertz CT molecular complexity index is 593. The van der Waals surface area contributed by atoms with Crippen LogP contribution in [0.1, 0.15) is 37.1 Å². The molecule has 0 aliphatic carbocycles. The molecule has 2 aromatic rings. The first-order valence-electron chi connectivity index (χ1n) is 8.83. The van der Waals surface area contributed by atoms with Crippen LogP contribution >= 0.6 is 0 Å². The van der Waals surface area contributed by atoms with Crippen LogP contribution in [0.15, 0.2) is 48.5 Å². The fraction of sp³-hybridized carbons (Fsp3) is 0.400. The van der Waals surface area contributed by atoms with E-state index in [9.17, 15) is 10.2 Å². The van der Waals surface area contributed by atoms with Gasteiger partial charge in [0.25, 0.3) is 0 Å². The second kappa shape index (κ2) is 10.0. The summed E-state index contributed by atoms with van der Waals surface area (Å²) in [7, 11) is 0. The third-order valence-electron chi connectivity index (χ3n) is 4.31. The maximum absolute atomic E-state index is 9.84. The molecule has 0 heterocycles. The lowest BCUT2D eigenvalue weighted by Gasteiger charge is -2.17. The second-order valence-electron chi connectivity index (χ2n) is 6.22. The van der Waals surface area contributed by atoms with Crippen molar-refractivity contribution in [1.82, 2.24) is 16.0 Å². The molecule has 0 aromatic heterocycles. The summed E-state index contributed by atoms with van der Waals surface area (Å²) in [6, 6.07) is 15.0. The van der Waals surface area contributed by atoms with Gasteiger partial charge in [-0.15, -0.1) is 0 Å². The van der Waals surface area contributed by atoms with Gasteiger partial charge in [0.1, 0.15) is 11.5 Å². The summed E-state index contributed by atoms with van der Waals surface area (Å²) in [5.41, 5.74) is 1.83. The predicted octanol–water partition coefficient (Wildman–Crippen LogP) is 2.69. The summed E-state index contributed by atoms with van der Waals surface area (Å²) < 4.78 is 0. The largest absolute Gasteiger partial charge is 0.508 e. The van der Waals surface area contributed by atoms with Crippen molar-refractivity contribution in [2.75, 3.05) is 26.2 Å². The van der Waals surface area contributed by atoms with Crippen LogP contribution in [0.2, 0.25) is 0 Å². The second-order valence-corrected chi connectivity index (χ2v) is 6.22. The minimum Gasteiger partial charge on any atom is -0.508 e. The molecule has 0 radical (unpaired) electrons. The average Bonchev–Trinajstić information content (AvgIpc) is 2.61. The number of nitrogens with one attached hydrogen (secondary N) is 3. The van der Waals surface area contributed by atoms with Crippen LogP contribution in [0, 0.1) is 0 Å². The number of hydrogen-bond acceptors (Lipinski definition) is 5. The summed E-state index contributed by atoms with van der Waals surface area (Å²) in [6.07, 6.45) is 0. The molecule has 2 unspecified atom stereocenters. The fourth-order valence-corrected chi connectivity index (χ4v) is 2.81. The molecule has 5 heteroatoms. The molecule has 0 aliphatic rings. The van der Waals surface area contributed by atoms with Crippen LogP contribution in [0.25, 0.3) is 0 Å². The summed E-state index contributed by atoms with van der Waals surface area (Å²) in [5, 5.41) is 29.8. The van der Waals surface area contributed by atoms with E-state index in [1.807, 2.05) is 50.2 Å². The third kappa shape index (κ3) is 6.05. The van der Waals surface area contributed by atoms with Crippen molar-refractivity contribution < 1.29 is 10.2 Å². The molecule has 25 heavy (non-hydrogen) atoms. The van der Waals surface area contributed by atoms with Crippen LogP contribution in [-0.2, 0) is 0 Å². The molecular weight excluding hydrogens is 314 g/mol. The highest BCUT2D eigenvalue weighted by molar-refractivity contribution is 5.34. The number of benzene rings is 2. The zero-order chi connectivity index (χ0) is 18.1. The van der Waals surface area contributed by atoms with Crippen molar-refractivity contribution in [2.45, 2.75) is 25.9 Å². The first-order chi connectivity index (χ1) is 12.1. The highest BCUT2D eigenvalue weighted by Gasteiger charge is 2.09. The zero-order valence-corrected chi connectivity index (χ0v) is 15.0. The smallest absolute Gasteiger partial charge is 0.120 e. The van der Waals surface area contributed by atoms with Gasteiger partial charge in [-0.05, 0) is 26.0 Å². The Kier molecular flexibility index (Phi) is 7.73. The van der Waals surface area contributed by atoms with E-state index in [4.69, 9.17) is 0 Å². The molecule has 5 N–H and O–H groups in total. The lowest BCUT2D eigenvalue weighted by atomic mass is 10.1. The van der Waals surface area contributed by atoms with E-state index < -0.39 is 0 Å². The van der Waals surface area contributed by atoms with Crippen LogP contribution in [0.4, 0.5) is 0 Å². The molecule has 0 spiro atoms. The highest BCUT2D eigenvalue weighted by atomic mass is 16.3. The standard InChI is InChI=1S/C20H29N3O2/c1-15(17-7-3-5-9-19(17)24)22-13-11-21-12-14-23-16(2)18-8-4-6-10-20(18)25/h3-10,15-16,21-25H,11-14H2,1-2H3. The van der Waals surface area contributed by atoms with Gasteiger partial charge >= 0.3 is 0 Å². The molecule has 5 nitrogen and oxygen atoms in total. The van der Waals surface area contributed by atoms with Gasteiger partial charge in [0.2, 0.25) is 0 Å². The quantitative estimate of drug-likeness (QED) is 0.429. The molecule has 2 atom stereocenters. The van der Waals surface area contributed by atoms with Gasteiger partial charge in [0.05, 0.1) is 0 Å². The lowest BCUT2D eigenvalue weighted by molar-refractivity contribution is 0.448. The van der Waals surface area contributed by atoms with Crippen LogP contribution in [0.3, 0.4) is 0 Å². The Balaban J connectivity index is 1.58. The number of para-hydroxylation sites is 2. The van der Waals surface area contributed by atoms with Gasteiger partial charge in [-0.25, -0.2) is 0 Å². The maximum atomic E-state index is 9.84. The Morgan fingerprint density at radius 2 is 1.08 bits per heavy atom. The predicted molar refractivity (Wildman–Crippen MR) is 102 cm³/mol. The van der Waals surface area contributed by atoms with E-state index in [1.54, 1.807) is 12.1 Å². The number of aromatic hydroxyl groups is 2. The molecule has 0 aliphatic heterocycles. The summed E-state index contributed by atoms with van der Waals surface area (Å²) >= 11 is 0. The van der Waals surface area contributed by atoms with Crippen LogP contribution < -0.4 is 16.0 Å².